The zero-order valence-electron chi connectivity index (χ0n) is 59.4. The number of carbonyl (C=O) groups excluding carboxylic acids is 14. The lowest BCUT2D eigenvalue weighted by Crippen LogP contribution is -2.26. The summed E-state index contributed by atoms with van der Waals surface area (Å²) in [5.41, 5.74) is 0.512. The van der Waals surface area contributed by atoms with E-state index in [9.17, 15) is 67.1 Å². The van der Waals surface area contributed by atoms with Crippen molar-refractivity contribution >= 4 is 119 Å². The molecular weight excluding hydrogens is 1320 g/mol. The third-order valence-electron chi connectivity index (χ3n) is 10.3. The largest absolute Gasteiger partial charge is 0.485 e. The van der Waals surface area contributed by atoms with Crippen LogP contribution in [-0.2, 0) is 111 Å². The van der Waals surface area contributed by atoms with E-state index in [1.807, 2.05) is 78.8 Å². The number of esters is 7. The number of isocyanates is 7. The van der Waals surface area contributed by atoms with Crippen LogP contribution in [0.25, 0.3) is 0 Å². The molecule has 0 aliphatic carbocycles. The van der Waals surface area contributed by atoms with Gasteiger partial charge in [0.25, 0.3) is 0 Å². The number of thiocarbonyl (C=S) groups is 2. The van der Waals surface area contributed by atoms with Gasteiger partial charge in [-0.15, -0.1) is 0 Å². The maximum atomic E-state index is 11.4. The number of hydrogen-bond acceptors (Lipinski definition) is 32. The fourth-order valence-electron chi connectivity index (χ4n) is 6.16. The van der Waals surface area contributed by atoms with Gasteiger partial charge in [0.2, 0.25) is 42.6 Å². The van der Waals surface area contributed by atoms with Gasteiger partial charge in [-0.25, -0.2) is 67.7 Å². The van der Waals surface area contributed by atoms with Crippen molar-refractivity contribution in [3.8, 4) is 0 Å². The molecule has 32 heteroatoms. The fourth-order valence-corrected chi connectivity index (χ4v) is 6.54. The highest BCUT2D eigenvalue weighted by Crippen LogP contribution is 2.12. The van der Waals surface area contributed by atoms with Crippen molar-refractivity contribution in [3.05, 3.63) is 35.9 Å². The van der Waals surface area contributed by atoms with Gasteiger partial charge in [0.15, 0.2) is 29.2 Å². The van der Waals surface area contributed by atoms with Crippen LogP contribution in [0.2, 0.25) is 0 Å². The summed E-state index contributed by atoms with van der Waals surface area (Å²) in [5, 5.41) is 2.58. The first-order chi connectivity index (χ1) is 46.6. The summed E-state index contributed by atoms with van der Waals surface area (Å²) >= 11 is 9.26. The van der Waals surface area contributed by atoms with Crippen molar-refractivity contribution in [2.75, 3.05) is 65.9 Å². The smallest absolute Gasteiger partial charge is 0.332 e. The molecule has 5 unspecified atom stereocenters. The number of carbonyl (C=O) groups is 7. The molecule has 0 amide bonds. The molecule has 548 valence electrons. The van der Waals surface area contributed by atoms with Crippen LogP contribution in [0.3, 0.4) is 0 Å². The Labute approximate surface area is 585 Å². The maximum Gasteiger partial charge on any atom is 0.332 e. The molecule has 1 aromatic carbocycles. The van der Waals surface area contributed by atoms with Gasteiger partial charge in [0.1, 0.15) is 11.6 Å². The molecule has 0 saturated carbocycles. The van der Waals surface area contributed by atoms with Crippen molar-refractivity contribution < 1.29 is 105 Å². The number of ether oxygens (including phenoxy) is 8. The highest BCUT2D eigenvalue weighted by molar-refractivity contribution is 7.80. The van der Waals surface area contributed by atoms with Crippen molar-refractivity contribution in [2.45, 2.75) is 211 Å². The molecule has 1 rings (SSSR count). The van der Waals surface area contributed by atoms with Gasteiger partial charge in [-0.2, -0.15) is 25.0 Å². The minimum Gasteiger partial charge on any atom is -0.485 e. The zero-order valence-corrected chi connectivity index (χ0v) is 61.1. The number of aliphatic imine (C=N–C) groups is 8. The Morgan fingerprint density at radius 2 is 0.888 bits per heavy atom. The van der Waals surface area contributed by atoms with Crippen LogP contribution in [0.15, 0.2) is 70.3 Å². The van der Waals surface area contributed by atoms with E-state index in [1.54, 1.807) is 55.4 Å². The van der Waals surface area contributed by atoms with Gasteiger partial charge >= 0.3 is 41.8 Å². The van der Waals surface area contributed by atoms with Crippen LogP contribution in [0.5, 0.6) is 0 Å². The van der Waals surface area contributed by atoms with Crippen LogP contribution < -0.4 is 0 Å². The Kier molecular flexibility index (Phi) is 78.6. The summed E-state index contributed by atoms with van der Waals surface area (Å²) in [6.45, 7) is 32.2. The van der Waals surface area contributed by atoms with Crippen molar-refractivity contribution in [1.82, 2.24) is 0 Å². The second-order valence-electron chi connectivity index (χ2n) is 20.3. The van der Waals surface area contributed by atoms with E-state index >= 15 is 0 Å². The van der Waals surface area contributed by atoms with E-state index in [-0.39, 0.29) is 55.9 Å². The molecule has 1 aromatic rings. The first kappa shape index (κ1) is 102. The number of benzene rings is 1. The predicted octanol–water partition coefficient (Wildman–Crippen LogP) is 9.38. The standard InChI is InChI=1S/C12H13NO3.2C9H15NO3.C8H13NO3.2C8H13NO2S.2C6H9NO3/c1-2-16-12(15)11(13-9-14)8-10-6-4-3-5-7-10;1-4-13-9(12)8(10-6-11)5-7(2)3;1-2-13-9(12)6-4-3-5-7-10-8-11;1-4-12-8(11)7(6(2)3)9-5-10;1-8(2,3)11-7(10)4-5-9-6-12;1-3-5-7(9-6-10)8(12)11-4-2;1-3-10-6(9)5(2)7-4-8;1-2-10-6(9)3-4-7-5-8/h3-7,11H,2,8H2,1H3;7-8H,4-5H2,1-3H3;2-7H2,1H3;6-7H,4H2,1-3H3;4-5H2,1-3H3;7H,3-5H2,1-2H3;5H,3H2,1-2H3;2-4H2,1H3. The Bertz CT molecular complexity index is 2770. The fraction of sp³-hybridized carbons (Fsp3) is 0.667. The number of rotatable bonds is 36. The van der Waals surface area contributed by atoms with Gasteiger partial charge in [-0.05, 0) is 144 Å². The summed E-state index contributed by atoms with van der Waals surface area (Å²) < 4.78 is 38.2. The zero-order chi connectivity index (χ0) is 76.4. The summed E-state index contributed by atoms with van der Waals surface area (Å²) in [4.78, 5) is 173. The van der Waals surface area contributed by atoms with E-state index < -0.39 is 53.6 Å². The van der Waals surface area contributed by atoms with Gasteiger partial charge in [-0.1, -0.05) is 77.8 Å². The van der Waals surface area contributed by atoms with Gasteiger partial charge in [0.05, 0.1) is 83.9 Å². The molecule has 0 saturated heterocycles. The summed E-state index contributed by atoms with van der Waals surface area (Å²) in [5.74, 6) is -2.37. The minimum atomic E-state index is -0.792. The Hall–Kier alpha value is -9.14. The molecule has 0 radical (unpaired) electrons. The first-order valence-corrected chi connectivity index (χ1v) is 32.2. The lowest BCUT2D eigenvalue weighted by atomic mass is 10.0. The highest BCUT2D eigenvalue weighted by atomic mass is 32.1. The molecule has 0 spiro atoms. The Morgan fingerprint density at radius 1 is 0.459 bits per heavy atom. The highest BCUT2D eigenvalue weighted by Gasteiger charge is 2.23. The molecule has 0 fully saturated rings. The van der Waals surface area contributed by atoms with Crippen molar-refractivity contribution in [3.63, 3.8) is 0 Å². The topological polar surface area (TPSA) is 412 Å². The Balaban J connectivity index is -0.000000194. The third kappa shape index (κ3) is 74.3. The number of nitrogens with zero attached hydrogens (tertiary/aromatic N) is 8. The first-order valence-electron chi connectivity index (χ1n) is 31.4. The lowest BCUT2D eigenvalue weighted by molar-refractivity contribution is -0.154. The molecular formula is C66H100N8O22S2. The number of hydrogen-bond donors (Lipinski definition) is 0. The van der Waals surface area contributed by atoms with Crippen molar-refractivity contribution in [2.24, 2.45) is 51.8 Å². The van der Waals surface area contributed by atoms with E-state index in [1.165, 1.54) is 49.5 Å². The van der Waals surface area contributed by atoms with E-state index in [0.29, 0.717) is 83.0 Å². The summed E-state index contributed by atoms with van der Waals surface area (Å²) in [6, 6.07) is 6.15. The summed E-state index contributed by atoms with van der Waals surface area (Å²) in [7, 11) is 0. The van der Waals surface area contributed by atoms with Crippen LogP contribution in [0.4, 0.5) is 0 Å². The Morgan fingerprint density at radius 3 is 1.33 bits per heavy atom. The average molecular weight is 1420 g/mol. The van der Waals surface area contributed by atoms with Gasteiger partial charge in [0, 0.05) is 12.8 Å². The van der Waals surface area contributed by atoms with Gasteiger partial charge < -0.3 is 37.9 Å². The third-order valence-corrected chi connectivity index (χ3v) is 10.8. The average Bonchev–Trinajstić information content (AvgIpc) is 0.981. The van der Waals surface area contributed by atoms with Crippen LogP contribution in [-0.4, -0.2) is 196 Å². The molecule has 0 aliphatic rings. The molecule has 0 aromatic heterocycles. The molecule has 5 atom stereocenters. The SMILES string of the molecule is CC(C)(C)OC(=O)CCN=C=S.CCCC(N=C=O)C(=S)OCC.CCOC(=O)C(C)N=C=O.CCOC(=O)C(CC(C)C)N=C=O.CCOC(=O)C(Cc1ccccc1)N=C=O.CCOC(=O)C(N=C=O)C(C)C.CCOC(=O)CCCCCN=C=O.CCOC(=O)CCN=C=O. The molecule has 98 heavy (non-hydrogen) atoms. The quantitative estimate of drug-likeness (QED) is 0.0151. The number of isothiocyanates is 1. The van der Waals surface area contributed by atoms with E-state index in [4.69, 9.17) is 40.6 Å². The molecule has 0 heterocycles. The van der Waals surface area contributed by atoms with Crippen LogP contribution >= 0.6 is 24.4 Å². The monoisotopic (exact) mass is 1420 g/mol. The lowest BCUT2D eigenvalue weighted by Gasteiger charge is -2.18. The molecule has 0 aliphatic heterocycles. The van der Waals surface area contributed by atoms with Crippen LogP contribution in [0.1, 0.15) is 174 Å². The predicted molar refractivity (Wildman–Crippen MR) is 368 cm³/mol. The second kappa shape index (κ2) is 75.2. The number of unbranched alkanes of at least 4 members (excludes halogenated alkanes) is 2. The normalized spacial score (nSPS) is 10.8. The second-order valence-corrected chi connectivity index (χ2v) is 20.9. The van der Waals surface area contributed by atoms with E-state index in [0.717, 1.165) is 37.7 Å². The molecule has 0 N–H and O–H groups in total. The maximum absolute atomic E-state index is 11.4. The van der Waals surface area contributed by atoms with Crippen molar-refractivity contribution in [1.29, 1.82) is 0 Å². The molecule has 30 nitrogen and oxygen atoms in total. The summed E-state index contributed by atoms with van der Waals surface area (Å²) in [6.07, 6.45) is 15.7. The van der Waals surface area contributed by atoms with Crippen LogP contribution in [0, 0.1) is 11.8 Å². The minimum absolute atomic E-state index is 0.0366. The van der Waals surface area contributed by atoms with Gasteiger partial charge in [-0.3, -0.25) is 14.4 Å². The van der Waals surface area contributed by atoms with E-state index in [2.05, 4.69) is 66.8 Å². The molecule has 0 bridgehead atoms.